The maximum Gasteiger partial charge on any atom is 0.249 e. The Morgan fingerprint density at radius 2 is 1.74 bits per heavy atom. The minimum Gasteiger partial charge on any atom is -0.497 e. The van der Waals surface area contributed by atoms with E-state index in [0.29, 0.717) is 11.5 Å². The lowest BCUT2D eigenvalue weighted by Gasteiger charge is -2.40. The number of aromatic nitrogens is 1. The fraction of sp³-hybridized carbons (Fsp3) is 0.333. The summed E-state index contributed by atoms with van der Waals surface area (Å²) in [4.78, 5) is 30.3. The number of amides is 2. The summed E-state index contributed by atoms with van der Waals surface area (Å²) in [5, 5.41) is 0. The molecule has 1 aliphatic heterocycles. The Hall–Kier alpha value is -3.78. The van der Waals surface area contributed by atoms with Gasteiger partial charge in [-0.25, -0.2) is 0 Å². The molecule has 0 N–H and O–H groups in total. The molecule has 3 aromatic rings. The fourth-order valence-electron chi connectivity index (χ4n) is 4.84. The molecule has 1 aromatic heterocycles. The maximum atomic E-state index is 14.1. The molecule has 0 bridgehead atoms. The van der Waals surface area contributed by atoms with E-state index in [9.17, 15) is 9.59 Å². The van der Waals surface area contributed by atoms with Crippen LogP contribution in [0.5, 0.6) is 11.5 Å². The number of hydrogen-bond acceptors (Lipinski definition) is 5. The van der Waals surface area contributed by atoms with E-state index in [0.717, 1.165) is 35.5 Å². The highest BCUT2D eigenvalue weighted by atomic mass is 16.5. The van der Waals surface area contributed by atoms with Crippen LogP contribution >= 0.6 is 0 Å². The van der Waals surface area contributed by atoms with Gasteiger partial charge >= 0.3 is 0 Å². The van der Waals surface area contributed by atoms with Crippen molar-refractivity contribution in [3.8, 4) is 17.2 Å². The average molecular weight is 476 g/mol. The number of carbonyl (C=O) groups excluding carboxylic acids is 2. The predicted molar refractivity (Wildman–Crippen MR) is 131 cm³/mol. The molecular weight excluding hydrogens is 446 g/mol. The molecular formula is C27H29N3O5. The van der Waals surface area contributed by atoms with Gasteiger partial charge in [-0.1, -0.05) is 12.1 Å². The molecule has 8 heteroatoms. The highest BCUT2D eigenvalue weighted by Crippen LogP contribution is 2.45. The molecule has 0 radical (unpaired) electrons. The molecule has 0 spiro atoms. The number of benzene rings is 2. The van der Waals surface area contributed by atoms with Crippen LogP contribution in [0.2, 0.25) is 0 Å². The van der Waals surface area contributed by atoms with E-state index in [1.165, 1.54) is 7.11 Å². The molecule has 1 aliphatic carbocycles. The quantitative estimate of drug-likeness (QED) is 0.498. The van der Waals surface area contributed by atoms with Crippen molar-refractivity contribution in [2.45, 2.75) is 24.9 Å². The number of nitrogens with zero attached hydrogens (tertiary/aromatic N) is 3. The summed E-state index contributed by atoms with van der Waals surface area (Å²) in [6, 6.07) is 17.0. The molecule has 2 aliphatic rings. The van der Waals surface area contributed by atoms with Crippen molar-refractivity contribution >= 4 is 17.5 Å². The Bertz CT molecular complexity index is 1250. The molecule has 182 valence electrons. The van der Waals surface area contributed by atoms with Gasteiger partial charge in [-0.3, -0.25) is 14.5 Å². The second-order valence-corrected chi connectivity index (χ2v) is 8.75. The Morgan fingerprint density at radius 3 is 2.43 bits per heavy atom. The lowest BCUT2D eigenvalue weighted by molar-refractivity contribution is -0.139. The van der Waals surface area contributed by atoms with Gasteiger partial charge in [0.05, 0.1) is 31.3 Å². The average Bonchev–Trinajstić information content (AvgIpc) is 3.61. The van der Waals surface area contributed by atoms with Gasteiger partial charge in [0.1, 0.15) is 30.7 Å². The molecule has 0 saturated heterocycles. The van der Waals surface area contributed by atoms with Crippen molar-refractivity contribution in [2.75, 3.05) is 39.4 Å². The lowest BCUT2D eigenvalue weighted by atomic mass is 9.96. The smallest absolute Gasteiger partial charge is 0.249 e. The molecule has 1 atom stereocenters. The van der Waals surface area contributed by atoms with E-state index in [2.05, 4.69) is 4.57 Å². The van der Waals surface area contributed by atoms with E-state index in [1.807, 2.05) is 60.8 Å². The molecule has 5 rings (SSSR count). The molecule has 2 aromatic carbocycles. The Morgan fingerprint density at radius 1 is 0.971 bits per heavy atom. The summed E-state index contributed by atoms with van der Waals surface area (Å²) in [7, 11) is 4.72. The van der Waals surface area contributed by atoms with Gasteiger partial charge in [0.2, 0.25) is 11.8 Å². The Balaban J connectivity index is 1.63. The van der Waals surface area contributed by atoms with E-state index in [4.69, 9.17) is 14.2 Å². The van der Waals surface area contributed by atoms with Crippen molar-refractivity contribution in [3.05, 3.63) is 72.1 Å². The topological polar surface area (TPSA) is 73.2 Å². The van der Waals surface area contributed by atoms with Crippen LogP contribution in [0.4, 0.5) is 5.69 Å². The lowest BCUT2D eigenvalue weighted by Crippen LogP contribution is -2.48. The molecule has 2 heterocycles. The van der Waals surface area contributed by atoms with Crippen LogP contribution in [0, 0.1) is 0 Å². The number of hydrogen-bond donors (Lipinski definition) is 0. The van der Waals surface area contributed by atoms with Crippen LogP contribution in [0.15, 0.2) is 60.8 Å². The highest BCUT2D eigenvalue weighted by molar-refractivity contribution is 6.00. The Labute approximate surface area is 204 Å². The Kier molecular flexibility index (Phi) is 6.21. The summed E-state index contributed by atoms with van der Waals surface area (Å²) < 4.78 is 18.4. The first kappa shape index (κ1) is 23.0. The summed E-state index contributed by atoms with van der Waals surface area (Å²) >= 11 is 0. The molecule has 2 amide bonds. The minimum atomic E-state index is -0.476. The summed E-state index contributed by atoms with van der Waals surface area (Å²) in [6.07, 6.45) is 3.79. The van der Waals surface area contributed by atoms with Gasteiger partial charge in [-0.2, -0.15) is 0 Å². The predicted octanol–water partition coefficient (Wildman–Crippen LogP) is 3.57. The molecule has 35 heavy (non-hydrogen) atoms. The van der Waals surface area contributed by atoms with Gasteiger partial charge in [-0.15, -0.1) is 0 Å². The largest absolute Gasteiger partial charge is 0.497 e. The second kappa shape index (κ2) is 9.46. The molecule has 8 nitrogen and oxygen atoms in total. The van der Waals surface area contributed by atoms with Crippen LogP contribution < -0.4 is 14.4 Å². The van der Waals surface area contributed by atoms with Crippen LogP contribution in [0.1, 0.15) is 30.1 Å². The third-order valence-corrected chi connectivity index (χ3v) is 6.60. The van der Waals surface area contributed by atoms with Crippen LogP contribution in [0.3, 0.4) is 0 Å². The number of para-hydroxylation sites is 2. The number of methoxy groups -OCH3 is 3. The highest BCUT2D eigenvalue weighted by Gasteiger charge is 2.40. The normalized spacial score (nSPS) is 16.3. The third-order valence-electron chi connectivity index (χ3n) is 6.60. The van der Waals surface area contributed by atoms with Crippen molar-refractivity contribution in [2.24, 2.45) is 0 Å². The van der Waals surface area contributed by atoms with Crippen LogP contribution in [-0.4, -0.2) is 61.8 Å². The second-order valence-electron chi connectivity index (χ2n) is 8.75. The van der Waals surface area contributed by atoms with E-state index < -0.39 is 6.04 Å². The van der Waals surface area contributed by atoms with Crippen LogP contribution in [-0.2, 0) is 14.3 Å². The monoisotopic (exact) mass is 475 g/mol. The first-order valence-electron chi connectivity index (χ1n) is 11.7. The van der Waals surface area contributed by atoms with Crippen molar-refractivity contribution in [1.82, 2.24) is 9.47 Å². The SMILES string of the molecule is COCC(=O)N(CC(=O)N1c2ccccc2-n2cccc2C1c1cc(OC)ccc1OC)C1CC1. The van der Waals surface area contributed by atoms with Gasteiger partial charge in [0.25, 0.3) is 0 Å². The number of anilines is 1. The summed E-state index contributed by atoms with van der Waals surface area (Å²) in [5.41, 5.74) is 3.40. The van der Waals surface area contributed by atoms with Gasteiger partial charge in [0, 0.05) is 24.9 Å². The summed E-state index contributed by atoms with van der Waals surface area (Å²) in [5.74, 6) is 0.971. The molecule has 1 unspecified atom stereocenters. The number of fused-ring (bicyclic) bond motifs is 3. The minimum absolute atomic E-state index is 0.0231. The van der Waals surface area contributed by atoms with E-state index in [-0.39, 0.29) is 31.0 Å². The zero-order valence-electron chi connectivity index (χ0n) is 20.1. The van der Waals surface area contributed by atoms with E-state index >= 15 is 0 Å². The van der Waals surface area contributed by atoms with Crippen LogP contribution in [0.25, 0.3) is 5.69 Å². The molecule has 1 saturated carbocycles. The first-order chi connectivity index (χ1) is 17.1. The zero-order chi connectivity index (χ0) is 24.5. The third kappa shape index (κ3) is 4.14. The standard InChI is InChI=1S/C27H29N3O5/c1-33-17-26(32)29(18-10-11-18)16-25(31)30-22-8-5-4-7-21(22)28-14-6-9-23(28)27(30)20-15-19(34-2)12-13-24(20)35-3/h4-9,12-15,18,27H,10-11,16-17H2,1-3H3. The van der Waals surface area contributed by atoms with E-state index in [1.54, 1.807) is 24.0 Å². The molecule has 1 fully saturated rings. The number of carbonyl (C=O) groups is 2. The summed E-state index contributed by atoms with van der Waals surface area (Å²) in [6.45, 7) is -0.0684. The maximum absolute atomic E-state index is 14.1. The zero-order valence-corrected chi connectivity index (χ0v) is 20.1. The van der Waals surface area contributed by atoms with Gasteiger partial charge < -0.3 is 23.7 Å². The number of ether oxygens (including phenoxy) is 3. The van der Waals surface area contributed by atoms with Crippen molar-refractivity contribution < 1.29 is 23.8 Å². The van der Waals surface area contributed by atoms with Gasteiger partial charge in [-0.05, 0) is 55.3 Å². The fourth-order valence-corrected chi connectivity index (χ4v) is 4.84. The van der Waals surface area contributed by atoms with Crippen molar-refractivity contribution in [3.63, 3.8) is 0 Å². The van der Waals surface area contributed by atoms with Crippen molar-refractivity contribution in [1.29, 1.82) is 0 Å². The van der Waals surface area contributed by atoms with Gasteiger partial charge in [0.15, 0.2) is 0 Å². The number of rotatable bonds is 8. The first-order valence-corrected chi connectivity index (χ1v) is 11.7.